The summed E-state index contributed by atoms with van der Waals surface area (Å²) in [6, 6.07) is 7.87. The second-order valence-electron chi connectivity index (χ2n) is 5.81. The summed E-state index contributed by atoms with van der Waals surface area (Å²) < 4.78 is 0. The van der Waals surface area contributed by atoms with Crippen LogP contribution in [-0.2, 0) is 4.79 Å². The van der Waals surface area contributed by atoms with E-state index in [-0.39, 0.29) is 11.8 Å². The molecule has 0 spiro atoms. The van der Waals surface area contributed by atoms with Crippen LogP contribution in [-0.4, -0.2) is 26.1 Å². The Kier molecular flexibility index (Phi) is 2.38. The Morgan fingerprint density at radius 3 is 3.13 bits per heavy atom. The largest absolute Gasteiger partial charge is 0.346 e. The van der Waals surface area contributed by atoms with E-state index in [0.29, 0.717) is 6.42 Å². The minimum Gasteiger partial charge on any atom is -0.346 e. The maximum atomic E-state index is 12.2. The molecule has 23 heavy (non-hydrogen) atoms. The first kappa shape index (κ1) is 12.4. The molecule has 1 aromatic carbocycles. The number of carbonyl (C=O) groups is 1. The lowest BCUT2D eigenvalue weighted by Gasteiger charge is -2.26. The van der Waals surface area contributed by atoms with Crippen LogP contribution in [0.2, 0.25) is 0 Å². The van der Waals surface area contributed by atoms with Crippen LogP contribution in [0.25, 0.3) is 21.9 Å². The number of hydrogen-bond donors (Lipinski definition) is 3. The molecule has 3 N–H and O–H groups in total. The summed E-state index contributed by atoms with van der Waals surface area (Å²) in [7, 11) is 0. The summed E-state index contributed by atoms with van der Waals surface area (Å²) in [5.74, 6) is 0.000422. The van der Waals surface area contributed by atoms with E-state index in [9.17, 15) is 4.79 Å². The number of carbonyl (C=O) groups excluding carboxylic acids is 1. The number of amides is 1. The summed E-state index contributed by atoms with van der Waals surface area (Å²) in [5, 5.41) is 12.3. The minimum absolute atomic E-state index is 0.0270. The topological polar surface area (TPSA) is 86.5 Å². The summed E-state index contributed by atoms with van der Waals surface area (Å²) >= 11 is 0. The van der Waals surface area contributed by atoms with Crippen LogP contribution in [0, 0.1) is 0 Å². The molecule has 0 radical (unpaired) electrons. The van der Waals surface area contributed by atoms with Gasteiger partial charge in [-0.05, 0) is 29.8 Å². The van der Waals surface area contributed by atoms with Crippen LogP contribution >= 0.6 is 0 Å². The van der Waals surface area contributed by atoms with Gasteiger partial charge in [-0.25, -0.2) is 4.98 Å². The molecule has 0 bridgehead atoms. The van der Waals surface area contributed by atoms with E-state index in [4.69, 9.17) is 0 Å². The molecule has 1 aliphatic rings. The zero-order valence-electron chi connectivity index (χ0n) is 12.1. The highest BCUT2D eigenvalue weighted by Crippen LogP contribution is 2.42. The number of pyridine rings is 1. The van der Waals surface area contributed by atoms with Crippen LogP contribution in [0.1, 0.15) is 23.5 Å². The molecule has 112 valence electrons. The second-order valence-corrected chi connectivity index (χ2v) is 5.81. The molecule has 1 aliphatic heterocycles. The number of hydrogen-bond acceptors (Lipinski definition) is 3. The highest BCUT2D eigenvalue weighted by atomic mass is 16.1. The number of nitrogens with one attached hydrogen (secondary N) is 3. The zero-order chi connectivity index (χ0) is 15.4. The van der Waals surface area contributed by atoms with Gasteiger partial charge < -0.3 is 10.3 Å². The molecule has 1 atom stereocenters. The second kappa shape index (κ2) is 4.42. The predicted molar refractivity (Wildman–Crippen MR) is 87.3 cm³/mol. The van der Waals surface area contributed by atoms with Gasteiger partial charge in [-0.15, -0.1) is 0 Å². The third kappa shape index (κ3) is 1.72. The van der Waals surface area contributed by atoms with Gasteiger partial charge >= 0.3 is 0 Å². The average Bonchev–Trinajstić information content (AvgIpc) is 3.20. The first-order chi connectivity index (χ1) is 11.3. The quantitative estimate of drug-likeness (QED) is 0.505. The van der Waals surface area contributed by atoms with Crippen LogP contribution in [0.4, 0.5) is 5.69 Å². The highest BCUT2D eigenvalue weighted by molar-refractivity contribution is 6.01. The number of fused-ring (bicyclic) bond motifs is 4. The number of rotatable bonds is 1. The van der Waals surface area contributed by atoms with Gasteiger partial charge in [-0.3, -0.25) is 9.89 Å². The Hall–Kier alpha value is -3.15. The van der Waals surface area contributed by atoms with Gasteiger partial charge in [0, 0.05) is 46.8 Å². The SMILES string of the molecule is O=C1CC(c2c[nH]c3ncccc23)c2c(ccc3cn[nH]c23)N1. The number of nitrogens with zero attached hydrogens (tertiary/aromatic N) is 2. The van der Waals surface area contributed by atoms with E-state index < -0.39 is 0 Å². The number of benzene rings is 1. The van der Waals surface area contributed by atoms with Crippen molar-refractivity contribution < 1.29 is 4.79 Å². The molecule has 6 heteroatoms. The Morgan fingerprint density at radius 2 is 2.17 bits per heavy atom. The average molecular weight is 303 g/mol. The van der Waals surface area contributed by atoms with Gasteiger partial charge in [0.15, 0.2) is 0 Å². The third-order valence-electron chi connectivity index (χ3n) is 4.53. The standard InChI is InChI=1S/C17H13N5O/c23-14-6-11(12-8-19-17-10(12)2-1-5-18-17)15-13(21-14)4-3-9-7-20-22-16(9)15/h1-5,7-8,11H,6H2,(H,18,19)(H,20,22)(H,21,23). The Bertz CT molecular complexity index is 1060. The first-order valence-corrected chi connectivity index (χ1v) is 7.49. The molecule has 5 rings (SSSR count). The summed E-state index contributed by atoms with van der Waals surface area (Å²) in [5.41, 5.74) is 4.84. The molecule has 1 unspecified atom stereocenters. The lowest BCUT2D eigenvalue weighted by atomic mass is 9.84. The van der Waals surface area contributed by atoms with Gasteiger partial charge in [-0.2, -0.15) is 5.10 Å². The van der Waals surface area contributed by atoms with Gasteiger partial charge in [-0.1, -0.05) is 0 Å². The molecule has 0 fully saturated rings. The molecule has 0 saturated heterocycles. The van der Waals surface area contributed by atoms with Crippen molar-refractivity contribution in [2.45, 2.75) is 12.3 Å². The molecular formula is C17H13N5O. The molecule has 3 aromatic heterocycles. The summed E-state index contributed by atoms with van der Waals surface area (Å²) in [4.78, 5) is 19.7. The van der Waals surface area contributed by atoms with Crippen molar-refractivity contribution in [2.24, 2.45) is 0 Å². The van der Waals surface area contributed by atoms with Gasteiger partial charge in [0.05, 0.1) is 11.7 Å². The van der Waals surface area contributed by atoms with Gasteiger partial charge in [0.2, 0.25) is 5.91 Å². The number of aromatic nitrogens is 4. The maximum Gasteiger partial charge on any atom is 0.225 e. The van der Waals surface area contributed by atoms with E-state index >= 15 is 0 Å². The van der Waals surface area contributed by atoms with Crippen molar-refractivity contribution in [3.05, 3.63) is 54.0 Å². The Labute approximate surface area is 130 Å². The zero-order valence-corrected chi connectivity index (χ0v) is 12.1. The van der Waals surface area contributed by atoms with Crippen LogP contribution in [0.15, 0.2) is 42.9 Å². The van der Waals surface area contributed by atoms with E-state index in [1.54, 1.807) is 12.4 Å². The third-order valence-corrected chi connectivity index (χ3v) is 4.53. The van der Waals surface area contributed by atoms with E-state index in [0.717, 1.165) is 38.8 Å². The highest BCUT2D eigenvalue weighted by Gasteiger charge is 2.30. The van der Waals surface area contributed by atoms with E-state index in [1.165, 1.54) is 0 Å². The van der Waals surface area contributed by atoms with Gasteiger partial charge in [0.25, 0.3) is 0 Å². The fourth-order valence-corrected chi connectivity index (χ4v) is 3.53. The van der Waals surface area contributed by atoms with Gasteiger partial charge in [0.1, 0.15) is 5.65 Å². The van der Waals surface area contributed by atoms with E-state index in [1.807, 2.05) is 30.5 Å². The molecule has 4 heterocycles. The molecule has 0 saturated carbocycles. The van der Waals surface area contributed by atoms with Crippen molar-refractivity contribution in [3.63, 3.8) is 0 Å². The lowest BCUT2D eigenvalue weighted by molar-refractivity contribution is -0.116. The maximum absolute atomic E-state index is 12.2. The number of H-pyrrole nitrogens is 2. The van der Waals surface area contributed by atoms with Crippen LogP contribution in [0.5, 0.6) is 0 Å². The summed E-state index contributed by atoms with van der Waals surface area (Å²) in [6.07, 6.45) is 5.93. The van der Waals surface area contributed by atoms with Crippen molar-refractivity contribution in [1.82, 2.24) is 20.2 Å². The Balaban J connectivity index is 1.81. The fourth-order valence-electron chi connectivity index (χ4n) is 3.53. The molecule has 4 aromatic rings. The predicted octanol–water partition coefficient (Wildman–Crippen LogP) is 2.91. The molecule has 0 aliphatic carbocycles. The smallest absolute Gasteiger partial charge is 0.225 e. The molecular weight excluding hydrogens is 290 g/mol. The molecule has 6 nitrogen and oxygen atoms in total. The normalized spacial score (nSPS) is 17.4. The summed E-state index contributed by atoms with van der Waals surface area (Å²) in [6.45, 7) is 0. The van der Waals surface area contributed by atoms with Crippen molar-refractivity contribution in [1.29, 1.82) is 0 Å². The fraction of sp³-hybridized carbons (Fsp3) is 0.118. The van der Waals surface area contributed by atoms with E-state index in [2.05, 4.69) is 25.5 Å². The van der Waals surface area contributed by atoms with Crippen LogP contribution < -0.4 is 5.32 Å². The van der Waals surface area contributed by atoms with Crippen molar-refractivity contribution in [2.75, 3.05) is 5.32 Å². The molecule has 1 amide bonds. The van der Waals surface area contributed by atoms with Crippen molar-refractivity contribution in [3.8, 4) is 0 Å². The van der Waals surface area contributed by atoms with Crippen LogP contribution in [0.3, 0.4) is 0 Å². The monoisotopic (exact) mass is 303 g/mol. The number of aromatic amines is 2. The first-order valence-electron chi connectivity index (χ1n) is 7.49. The Morgan fingerprint density at radius 1 is 1.22 bits per heavy atom. The number of anilines is 1. The minimum atomic E-state index is -0.0270. The lowest BCUT2D eigenvalue weighted by Crippen LogP contribution is -2.23. The van der Waals surface area contributed by atoms with Crippen molar-refractivity contribution >= 4 is 33.5 Å².